The number of nitrogens with zero attached hydrogens (tertiary/aromatic N) is 2. The van der Waals surface area contributed by atoms with Crippen LogP contribution in [0.25, 0.3) is 0 Å². The maximum atomic E-state index is 12.5. The summed E-state index contributed by atoms with van der Waals surface area (Å²) in [7, 11) is 0. The van der Waals surface area contributed by atoms with Crippen molar-refractivity contribution >= 4 is 11.7 Å². The summed E-state index contributed by atoms with van der Waals surface area (Å²) in [5, 5.41) is 13.7. The van der Waals surface area contributed by atoms with E-state index in [1.54, 1.807) is 19.1 Å². The Bertz CT molecular complexity index is 635. The lowest BCUT2D eigenvalue weighted by atomic mass is 10.1. The second kappa shape index (κ2) is 8.31. The molecule has 0 bridgehead atoms. The Morgan fingerprint density at radius 3 is 3.04 bits per heavy atom. The third kappa shape index (κ3) is 4.70. The lowest BCUT2D eigenvalue weighted by Gasteiger charge is -2.25. The van der Waals surface area contributed by atoms with Crippen LogP contribution < -0.4 is 5.32 Å². The van der Waals surface area contributed by atoms with Crippen molar-refractivity contribution in [3.63, 3.8) is 0 Å². The number of carbonyl (C=O) groups is 1. The third-order valence-electron chi connectivity index (χ3n) is 3.94. The Morgan fingerprint density at radius 1 is 1.62 bits per heavy atom. The normalized spacial score (nSPS) is 17.8. The van der Waals surface area contributed by atoms with E-state index in [1.807, 2.05) is 0 Å². The fourth-order valence-electron chi connectivity index (χ4n) is 2.63. The number of benzene rings is 1. The Balaban J connectivity index is 2.01. The molecule has 1 heterocycles. The van der Waals surface area contributed by atoms with Crippen molar-refractivity contribution in [2.75, 3.05) is 19.7 Å². The number of hydrogen-bond acceptors (Lipinski definition) is 4. The zero-order valence-corrected chi connectivity index (χ0v) is 13.6. The van der Waals surface area contributed by atoms with Gasteiger partial charge in [-0.1, -0.05) is 18.1 Å². The molecule has 1 aliphatic heterocycles. The van der Waals surface area contributed by atoms with Crippen molar-refractivity contribution in [3.05, 3.63) is 39.9 Å². The van der Waals surface area contributed by atoms with Gasteiger partial charge >= 0.3 is 6.03 Å². The van der Waals surface area contributed by atoms with Gasteiger partial charge in [-0.2, -0.15) is 0 Å². The Hall–Kier alpha value is -2.59. The minimum atomic E-state index is -0.458. The van der Waals surface area contributed by atoms with Crippen molar-refractivity contribution < 1.29 is 14.5 Å². The van der Waals surface area contributed by atoms with Gasteiger partial charge in [0.15, 0.2) is 0 Å². The van der Waals surface area contributed by atoms with E-state index in [9.17, 15) is 14.9 Å². The molecule has 2 atom stereocenters. The quantitative estimate of drug-likeness (QED) is 0.493. The molecule has 1 aliphatic rings. The summed E-state index contributed by atoms with van der Waals surface area (Å²) in [6, 6.07) is 5.53. The predicted molar refractivity (Wildman–Crippen MR) is 89.4 cm³/mol. The molecule has 0 saturated carbocycles. The number of carbonyl (C=O) groups excluding carboxylic acids is 1. The van der Waals surface area contributed by atoms with Crippen molar-refractivity contribution in [2.24, 2.45) is 0 Å². The standard InChI is InChI=1S/C17H21N3O4/c1-3-9-19(12-16-8-5-10-24-16)17(21)18-13(2)14-6-4-7-15(11-14)20(22)23/h1,4,6-7,11,13,16H,5,8-10,12H2,2H3,(H,18,21). The first-order chi connectivity index (χ1) is 11.5. The van der Waals surface area contributed by atoms with E-state index in [4.69, 9.17) is 11.2 Å². The van der Waals surface area contributed by atoms with E-state index < -0.39 is 4.92 Å². The number of rotatable bonds is 6. The fraction of sp³-hybridized carbons (Fsp3) is 0.471. The van der Waals surface area contributed by atoms with Crippen LogP contribution in [0, 0.1) is 22.5 Å². The number of nitro groups is 1. The van der Waals surface area contributed by atoms with E-state index in [0.717, 1.165) is 12.8 Å². The lowest BCUT2D eigenvalue weighted by molar-refractivity contribution is -0.384. The van der Waals surface area contributed by atoms with Crippen LogP contribution in [-0.2, 0) is 4.74 Å². The molecular formula is C17H21N3O4. The molecule has 0 aliphatic carbocycles. The second-order valence-electron chi connectivity index (χ2n) is 5.74. The first-order valence-electron chi connectivity index (χ1n) is 7.86. The van der Waals surface area contributed by atoms with Crippen molar-refractivity contribution in [1.82, 2.24) is 10.2 Å². The summed E-state index contributed by atoms with van der Waals surface area (Å²) in [6.07, 6.45) is 7.26. The Labute approximate surface area is 141 Å². The molecule has 1 N–H and O–H groups in total. The van der Waals surface area contributed by atoms with Crippen LogP contribution in [0.2, 0.25) is 0 Å². The summed E-state index contributed by atoms with van der Waals surface area (Å²) >= 11 is 0. The van der Waals surface area contributed by atoms with Crippen LogP contribution >= 0.6 is 0 Å². The van der Waals surface area contributed by atoms with E-state index in [1.165, 1.54) is 17.0 Å². The largest absolute Gasteiger partial charge is 0.376 e. The van der Waals surface area contributed by atoms with Crippen LogP contribution in [0.1, 0.15) is 31.4 Å². The number of nitro benzene ring substituents is 1. The van der Waals surface area contributed by atoms with E-state index in [-0.39, 0.29) is 30.4 Å². The van der Waals surface area contributed by atoms with Gasteiger partial charge in [0.05, 0.1) is 23.6 Å². The van der Waals surface area contributed by atoms with Gasteiger partial charge in [-0.15, -0.1) is 6.42 Å². The molecule has 1 saturated heterocycles. The van der Waals surface area contributed by atoms with Crippen molar-refractivity contribution in [1.29, 1.82) is 0 Å². The summed E-state index contributed by atoms with van der Waals surface area (Å²) in [4.78, 5) is 24.4. The summed E-state index contributed by atoms with van der Waals surface area (Å²) in [6.45, 7) is 3.11. The number of non-ortho nitro benzene ring substituents is 1. The molecule has 0 spiro atoms. The zero-order valence-electron chi connectivity index (χ0n) is 13.6. The number of ether oxygens (including phenoxy) is 1. The topological polar surface area (TPSA) is 84.7 Å². The molecule has 24 heavy (non-hydrogen) atoms. The van der Waals surface area contributed by atoms with E-state index >= 15 is 0 Å². The molecule has 2 unspecified atom stereocenters. The van der Waals surface area contributed by atoms with Gasteiger partial charge in [-0.3, -0.25) is 10.1 Å². The lowest BCUT2D eigenvalue weighted by Crippen LogP contribution is -2.44. The molecule has 7 nitrogen and oxygen atoms in total. The highest BCUT2D eigenvalue weighted by Crippen LogP contribution is 2.19. The monoisotopic (exact) mass is 331 g/mol. The molecule has 0 aromatic heterocycles. The maximum absolute atomic E-state index is 12.5. The van der Waals surface area contributed by atoms with Crippen molar-refractivity contribution in [3.8, 4) is 12.3 Å². The zero-order chi connectivity index (χ0) is 17.5. The van der Waals surface area contributed by atoms with Gasteiger partial charge in [0.1, 0.15) is 0 Å². The summed E-state index contributed by atoms with van der Waals surface area (Å²) in [5.41, 5.74) is 0.656. The average Bonchev–Trinajstić information content (AvgIpc) is 3.07. The van der Waals surface area contributed by atoms with Crippen LogP contribution in [-0.4, -0.2) is 41.7 Å². The first kappa shape index (κ1) is 17.8. The van der Waals surface area contributed by atoms with Crippen LogP contribution in [0.15, 0.2) is 24.3 Å². The molecule has 1 aromatic carbocycles. The highest BCUT2D eigenvalue weighted by atomic mass is 16.6. The van der Waals surface area contributed by atoms with Crippen molar-refractivity contribution in [2.45, 2.75) is 31.9 Å². The van der Waals surface area contributed by atoms with Gasteiger partial charge in [0.2, 0.25) is 0 Å². The molecule has 1 fully saturated rings. The highest BCUT2D eigenvalue weighted by molar-refractivity contribution is 5.75. The Morgan fingerprint density at radius 2 is 2.42 bits per heavy atom. The molecule has 1 aromatic rings. The van der Waals surface area contributed by atoms with Crippen LogP contribution in [0.4, 0.5) is 10.5 Å². The fourth-order valence-corrected chi connectivity index (χ4v) is 2.63. The number of terminal acetylenes is 1. The minimum Gasteiger partial charge on any atom is -0.376 e. The SMILES string of the molecule is C#CCN(CC1CCCO1)C(=O)NC(C)c1cccc([N+](=O)[O-])c1. The summed E-state index contributed by atoms with van der Waals surface area (Å²) in [5.74, 6) is 2.48. The van der Waals surface area contributed by atoms with Gasteiger partial charge < -0.3 is 15.0 Å². The maximum Gasteiger partial charge on any atom is 0.318 e. The van der Waals surface area contributed by atoms with Gasteiger partial charge in [0.25, 0.3) is 5.69 Å². The molecule has 128 valence electrons. The van der Waals surface area contributed by atoms with E-state index in [0.29, 0.717) is 18.7 Å². The van der Waals surface area contributed by atoms with Gasteiger partial charge in [-0.05, 0) is 25.3 Å². The molecule has 2 rings (SSSR count). The van der Waals surface area contributed by atoms with E-state index in [2.05, 4.69) is 11.2 Å². The van der Waals surface area contributed by atoms with Gasteiger partial charge in [0, 0.05) is 25.3 Å². The molecular weight excluding hydrogens is 310 g/mol. The molecule has 7 heteroatoms. The van der Waals surface area contributed by atoms with Crippen LogP contribution in [0.5, 0.6) is 0 Å². The smallest absolute Gasteiger partial charge is 0.318 e. The predicted octanol–water partition coefficient (Wildman–Crippen LogP) is 2.48. The van der Waals surface area contributed by atoms with Gasteiger partial charge in [-0.25, -0.2) is 4.79 Å². The Kier molecular flexibility index (Phi) is 6.15. The number of amides is 2. The highest BCUT2D eigenvalue weighted by Gasteiger charge is 2.23. The average molecular weight is 331 g/mol. The first-order valence-corrected chi connectivity index (χ1v) is 7.86. The third-order valence-corrected chi connectivity index (χ3v) is 3.94. The number of urea groups is 1. The number of nitrogens with one attached hydrogen (secondary N) is 1. The molecule has 0 radical (unpaired) electrons. The summed E-state index contributed by atoms with van der Waals surface area (Å²) < 4.78 is 5.55. The molecule has 2 amide bonds. The number of hydrogen-bond donors (Lipinski definition) is 1. The second-order valence-corrected chi connectivity index (χ2v) is 5.74. The van der Waals surface area contributed by atoms with Crippen LogP contribution in [0.3, 0.4) is 0 Å². The minimum absolute atomic E-state index is 0.00608.